The van der Waals surface area contributed by atoms with Gasteiger partial charge in [0.25, 0.3) is 0 Å². The van der Waals surface area contributed by atoms with Crippen LogP contribution in [0.15, 0.2) is 0 Å². The van der Waals surface area contributed by atoms with Crippen molar-refractivity contribution >= 4 is 0 Å². The van der Waals surface area contributed by atoms with Crippen LogP contribution in [0.2, 0.25) is 0 Å². The minimum Gasteiger partial charge on any atom is -0.313 e. The van der Waals surface area contributed by atoms with E-state index in [9.17, 15) is 0 Å². The van der Waals surface area contributed by atoms with Gasteiger partial charge in [0.1, 0.15) is 0 Å². The highest BCUT2D eigenvalue weighted by atomic mass is 15.2. The summed E-state index contributed by atoms with van der Waals surface area (Å²) in [4.78, 5) is 2.82. The van der Waals surface area contributed by atoms with Crippen molar-refractivity contribution in [2.45, 2.75) is 70.9 Å². The lowest BCUT2D eigenvalue weighted by Crippen LogP contribution is -2.56. The highest BCUT2D eigenvalue weighted by molar-refractivity contribution is 4.98. The van der Waals surface area contributed by atoms with Gasteiger partial charge in [-0.15, -0.1) is 0 Å². The average molecular weight is 238 g/mol. The van der Waals surface area contributed by atoms with Crippen molar-refractivity contribution in [2.24, 2.45) is 5.92 Å². The summed E-state index contributed by atoms with van der Waals surface area (Å²) < 4.78 is 0. The molecular formula is C15H30N2. The molecule has 1 atom stereocenters. The van der Waals surface area contributed by atoms with Crippen LogP contribution < -0.4 is 5.32 Å². The van der Waals surface area contributed by atoms with E-state index in [2.05, 4.69) is 31.0 Å². The molecule has 0 aromatic rings. The number of hydrogen-bond donors (Lipinski definition) is 1. The van der Waals surface area contributed by atoms with E-state index in [1.165, 1.54) is 58.2 Å². The zero-order valence-electron chi connectivity index (χ0n) is 12.0. The lowest BCUT2D eigenvalue weighted by Gasteiger charge is -2.50. The van der Waals surface area contributed by atoms with Gasteiger partial charge in [0.15, 0.2) is 0 Å². The number of rotatable bonds is 4. The molecule has 0 radical (unpaired) electrons. The minimum atomic E-state index is 0.585. The Bertz CT molecular complexity index is 228. The maximum atomic E-state index is 3.75. The van der Waals surface area contributed by atoms with Gasteiger partial charge in [-0.25, -0.2) is 0 Å². The Morgan fingerprint density at radius 1 is 1.29 bits per heavy atom. The van der Waals surface area contributed by atoms with E-state index in [-0.39, 0.29) is 0 Å². The Morgan fingerprint density at radius 2 is 2.06 bits per heavy atom. The van der Waals surface area contributed by atoms with Crippen LogP contribution in [0.1, 0.15) is 59.3 Å². The lowest BCUT2D eigenvalue weighted by atomic mass is 9.73. The van der Waals surface area contributed by atoms with Crippen molar-refractivity contribution in [1.29, 1.82) is 0 Å². The first-order valence-corrected chi connectivity index (χ1v) is 7.65. The molecule has 1 unspecified atom stereocenters. The van der Waals surface area contributed by atoms with E-state index in [0.717, 1.165) is 12.0 Å². The molecule has 1 saturated heterocycles. The van der Waals surface area contributed by atoms with E-state index in [4.69, 9.17) is 0 Å². The summed E-state index contributed by atoms with van der Waals surface area (Å²) in [5, 5.41) is 3.75. The van der Waals surface area contributed by atoms with E-state index >= 15 is 0 Å². The predicted molar refractivity (Wildman–Crippen MR) is 74.3 cm³/mol. The van der Waals surface area contributed by atoms with Crippen molar-refractivity contribution in [3.05, 3.63) is 0 Å². The van der Waals surface area contributed by atoms with Crippen LogP contribution in [-0.2, 0) is 0 Å². The van der Waals surface area contributed by atoms with E-state index in [1.807, 2.05) is 0 Å². The monoisotopic (exact) mass is 238 g/mol. The van der Waals surface area contributed by atoms with Crippen molar-refractivity contribution < 1.29 is 0 Å². The molecule has 0 aromatic heterocycles. The normalized spacial score (nSPS) is 30.0. The summed E-state index contributed by atoms with van der Waals surface area (Å²) >= 11 is 0. The standard InChI is InChI=1S/C15H30N2/c1-4-15(7-5-8-15)17-10-6-9-16-14(12-17)11-13(2)3/h13-14,16H,4-12H2,1-3H3. The molecule has 2 nitrogen and oxygen atoms in total. The topological polar surface area (TPSA) is 15.3 Å². The molecular weight excluding hydrogens is 208 g/mol. The molecule has 1 aliphatic heterocycles. The highest BCUT2D eigenvalue weighted by Crippen LogP contribution is 2.41. The van der Waals surface area contributed by atoms with Crippen molar-refractivity contribution in [3.63, 3.8) is 0 Å². The molecule has 2 rings (SSSR count). The molecule has 1 heterocycles. The summed E-state index contributed by atoms with van der Waals surface area (Å²) in [6.07, 6.45) is 8.34. The molecule has 0 aromatic carbocycles. The largest absolute Gasteiger partial charge is 0.313 e. The molecule has 0 bridgehead atoms. The Hall–Kier alpha value is -0.0800. The van der Waals surface area contributed by atoms with Gasteiger partial charge in [-0.1, -0.05) is 20.8 Å². The van der Waals surface area contributed by atoms with Crippen LogP contribution >= 0.6 is 0 Å². The SMILES string of the molecule is CCC1(N2CCCNC(CC(C)C)C2)CCC1. The summed E-state index contributed by atoms with van der Waals surface area (Å²) in [7, 11) is 0. The summed E-state index contributed by atoms with van der Waals surface area (Å²) in [5.74, 6) is 0.811. The molecule has 0 amide bonds. The summed E-state index contributed by atoms with van der Waals surface area (Å²) in [6.45, 7) is 10.9. The molecule has 1 aliphatic carbocycles. The van der Waals surface area contributed by atoms with E-state index in [1.54, 1.807) is 0 Å². The first-order valence-electron chi connectivity index (χ1n) is 7.65. The lowest BCUT2D eigenvalue weighted by molar-refractivity contribution is 0.0100. The fourth-order valence-corrected chi connectivity index (χ4v) is 3.63. The van der Waals surface area contributed by atoms with Crippen LogP contribution in [0.25, 0.3) is 0 Å². The van der Waals surface area contributed by atoms with Gasteiger partial charge in [-0.05, 0) is 57.5 Å². The maximum absolute atomic E-state index is 3.75. The van der Waals surface area contributed by atoms with Gasteiger partial charge in [0, 0.05) is 18.1 Å². The zero-order valence-corrected chi connectivity index (χ0v) is 12.0. The molecule has 0 spiro atoms. The number of nitrogens with one attached hydrogen (secondary N) is 1. The van der Waals surface area contributed by atoms with Gasteiger partial charge in [-0.2, -0.15) is 0 Å². The smallest absolute Gasteiger partial charge is 0.0207 e. The van der Waals surface area contributed by atoms with Gasteiger partial charge in [0.2, 0.25) is 0 Å². The van der Waals surface area contributed by atoms with Gasteiger partial charge in [-0.3, -0.25) is 4.90 Å². The van der Waals surface area contributed by atoms with Crippen LogP contribution in [-0.4, -0.2) is 36.1 Å². The van der Waals surface area contributed by atoms with Crippen LogP contribution in [0.3, 0.4) is 0 Å². The van der Waals surface area contributed by atoms with E-state index < -0.39 is 0 Å². The van der Waals surface area contributed by atoms with Crippen LogP contribution in [0, 0.1) is 5.92 Å². The Labute approximate surface area is 107 Å². The molecule has 2 aliphatic rings. The molecule has 1 N–H and O–H groups in total. The fraction of sp³-hybridized carbons (Fsp3) is 1.00. The highest BCUT2D eigenvalue weighted by Gasteiger charge is 2.41. The quantitative estimate of drug-likeness (QED) is 0.810. The fourth-order valence-electron chi connectivity index (χ4n) is 3.63. The van der Waals surface area contributed by atoms with Crippen molar-refractivity contribution in [2.75, 3.05) is 19.6 Å². The summed E-state index contributed by atoms with van der Waals surface area (Å²) in [6, 6.07) is 0.724. The number of nitrogens with zero attached hydrogens (tertiary/aromatic N) is 1. The Morgan fingerprint density at radius 3 is 2.59 bits per heavy atom. The van der Waals surface area contributed by atoms with Gasteiger partial charge >= 0.3 is 0 Å². The molecule has 100 valence electrons. The molecule has 1 saturated carbocycles. The molecule has 2 fully saturated rings. The number of hydrogen-bond acceptors (Lipinski definition) is 2. The van der Waals surface area contributed by atoms with E-state index in [0.29, 0.717) is 5.54 Å². The maximum Gasteiger partial charge on any atom is 0.0207 e. The molecule has 2 heteroatoms. The van der Waals surface area contributed by atoms with Crippen LogP contribution in [0.5, 0.6) is 0 Å². The van der Waals surface area contributed by atoms with Crippen LogP contribution in [0.4, 0.5) is 0 Å². The van der Waals surface area contributed by atoms with Crippen molar-refractivity contribution in [1.82, 2.24) is 10.2 Å². The second kappa shape index (κ2) is 5.71. The Balaban J connectivity index is 1.96. The minimum absolute atomic E-state index is 0.585. The second-order valence-corrected chi connectivity index (χ2v) is 6.51. The molecule has 17 heavy (non-hydrogen) atoms. The third kappa shape index (κ3) is 3.03. The Kier molecular flexibility index (Phi) is 4.48. The van der Waals surface area contributed by atoms with Crippen molar-refractivity contribution in [3.8, 4) is 0 Å². The first-order chi connectivity index (χ1) is 8.16. The first kappa shape index (κ1) is 13.4. The second-order valence-electron chi connectivity index (χ2n) is 6.51. The van der Waals surface area contributed by atoms with Gasteiger partial charge < -0.3 is 5.32 Å². The predicted octanol–water partition coefficient (Wildman–Crippen LogP) is 3.03. The average Bonchev–Trinajstić information content (AvgIpc) is 2.42. The van der Waals surface area contributed by atoms with Gasteiger partial charge in [0.05, 0.1) is 0 Å². The third-order valence-corrected chi connectivity index (χ3v) is 4.85. The zero-order chi connectivity index (χ0) is 12.3. The third-order valence-electron chi connectivity index (χ3n) is 4.85. The summed E-state index contributed by atoms with van der Waals surface area (Å²) in [5.41, 5.74) is 0.585.